The molecule has 0 spiro atoms. The molecular formula is C16H13F3N4O. The molecule has 0 aliphatic rings. The number of methoxy groups -OCH3 is 1. The van der Waals surface area contributed by atoms with Gasteiger partial charge in [-0.25, -0.2) is 4.98 Å². The molecule has 5 nitrogen and oxygen atoms in total. The van der Waals surface area contributed by atoms with Crippen molar-refractivity contribution >= 4 is 11.4 Å². The SMILES string of the molecule is COc1nc(C)c(N=Nc2ccc(C(F)(F)F)cc2)c(C)c1C#N. The third-order valence-corrected chi connectivity index (χ3v) is 3.32. The summed E-state index contributed by atoms with van der Waals surface area (Å²) in [5.74, 6) is 0.195. The molecule has 0 bridgehead atoms. The Morgan fingerprint density at radius 2 is 1.75 bits per heavy atom. The number of rotatable bonds is 3. The van der Waals surface area contributed by atoms with Crippen molar-refractivity contribution < 1.29 is 17.9 Å². The zero-order valence-electron chi connectivity index (χ0n) is 13.1. The summed E-state index contributed by atoms with van der Waals surface area (Å²) in [5, 5.41) is 17.1. The number of alkyl halides is 3. The van der Waals surface area contributed by atoms with Gasteiger partial charge in [-0.1, -0.05) is 0 Å². The molecule has 0 atom stereocenters. The molecule has 2 aromatic rings. The Kier molecular flexibility index (Phi) is 4.83. The topological polar surface area (TPSA) is 70.6 Å². The zero-order chi connectivity index (χ0) is 17.9. The van der Waals surface area contributed by atoms with E-state index < -0.39 is 11.7 Å². The maximum absolute atomic E-state index is 12.5. The first-order valence-corrected chi connectivity index (χ1v) is 6.82. The molecule has 1 aromatic heterocycles. The van der Waals surface area contributed by atoms with Crippen LogP contribution >= 0.6 is 0 Å². The van der Waals surface area contributed by atoms with E-state index in [1.165, 1.54) is 19.2 Å². The third kappa shape index (κ3) is 3.51. The maximum atomic E-state index is 12.5. The van der Waals surface area contributed by atoms with Crippen LogP contribution in [0.2, 0.25) is 0 Å². The Balaban J connectivity index is 2.38. The second-order valence-electron chi connectivity index (χ2n) is 4.91. The van der Waals surface area contributed by atoms with Crippen LogP contribution < -0.4 is 4.74 Å². The largest absolute Gasteiger partial charge is 0.480 e. The Morgan fingerprint density at radius 3 is 2.25 bits per heavy atom. The summed E-state index contributed by atoms with van der Waals surface area (Å²) >= 11 is 0. The second-order valence-corrected chi connectivity index (χ2v) is 4.91. The first-order chi connectivity index (χ1) is 11.3. The van der Waals surface area contributed by atoms with Crippen LogP contribution in [0.15, 0.2) is 34.5 Å². The zero-order valence-corrected chi connectivity index (χ0v) is 13.1. The molecule has 24 heavy (non-hydrogen) atoms. The Labute approximate surface area is 136 Å². The molecule has 0 aliphatic carbocycles. The lowest BCUT2D eigenvalue weighted by Crippen LogP contribution is -2.03. The summed E-state index contributed by atoms with van der Waals surface area (Å²) < 4.78 is 42.6. The van der Waals surface area contributed by atoms with Gasteiger partial charge in [-0.2, -0.15) is 23.5 Å². The molecule has 2 rings (SSSR count). The van der Waals surface area contributed by atoms with E-state index in [0.29, 0.717) is 16.9 Å². The van der Waals surface area contributed by atoms with Gasteiger partial charge in [0.2, 0.25) is 5.88 Å². The van der Waals surface area contributed by atoms with Crippen LogP contribution in [-0.4, -0.2) is 12.1 Å². The lowest BCUT2D eigenvalue weighted by atomic mass is 10.1. The smallest absolute Gasteiger partial charge is 0.416 e. The van der Waals surface area contributed by atoms with Crippen molar-refractivity contribution in [3.63, 3.8) is 0 Å². The molecule has 0 unspecified atom stereocenters. The van der Waals surface area contributed by atoms with Crippen LogP contribution in [0.25, 0.3) is 0 Å². The number of ether oxygens (including phenoxy) is 1. The number of aromatic nitrogens is 1. The highest BCUT2D eigenvalue weighted by atomic mass is 19.4. The van der Waals surface area contributed by atoms with Gasteiger partial charge in [-0.15, -0.1) is 5.11 Å². The molecule has 0 fully saturated rings. The minimum Gasteiger partial charge on any atom is -0.480 e. The van der Waals surface area contributed by atoms with Gasteiger partial charge in [-0.05, 0) is 38.1 Å². The molecule has 0 amide bonds. The predicted molar refractivity (Wildman–Crippen MR) is 80.6 cm³/mol. The number of nitrogens with zero attached hydrogens (tertiary/aromatic N) is 4. The standard InChI is InChI=1S/C16H13F3N4O/c1-9-13(8-20)15(24-3)21-10(2)14(9)23-22-12-6-4-11(5-7-12)16(17,18)19/h4-7H,1-3H3. The van der Waals surface area contributed by atoms with Gasteiger partial charge in [0, 0.05) is 5.56 Å². The fourth-order valence-electron chi connectivity index (χ4n) is 2.06. The van der Waals surface area contributed by atoms with Crippen LogP contribution in [0, 0.1) is 25.2 Å². The molecule has 1 aromatic carbocycles. The molecule has 1 heterocycles. The summed E-state index contributed by atoms with van der Waals surface area (Å²) in [6.45, 7) is 3.36. The molecule has 0 saturated heterocycles. The molecule has 124 valence electrons. The first-order valence-electron chi connectivity index (χ1n) is 6.82. The highest BCUT2D eigenvalue weighted by Gasteiger charge is 2.29. The van der Waals surface area contributed by atoms with Gasteiger partial charge in [0.05, 0.1) is 24.1 Å². The van der Waals surface area contributed by atoms with Crippen LogP contribution in [0.4, 0.5) is 24.5 Å². The monoisotopic (exact) mass is 334 g/mol. The van der Waals surface area contributed by atoms with Gasteiger partial charge in [0.25, 0.3) is 0 Å². The fourth-order valence-corrected chi connectivity index (χ4v) is 2.06. The van der Waals surface area contributed by atoms with Crippen molar-refractivity contribution in [2.75, 3.05) is 7.11 Å². The number of azo groups is 1. The van der Waals surface area contributed by atoms with E-state index in [9.17, 15) is 18.4 Å². The minimum atomic E-state index is -4.40. The van der Waals surface area contributed by atoms with Crippen LogP contribution in [0.5, 0.6) is 5.88 Å². The van der Waals surface area contributed by atoms with Crippen molar-refractivity contribution in [1.82, 2.24) is 4.98 Å². The summed E-state index contributed by atoms with van der Waals surface area (Å²) in [7, 11) is 1.41. The molecule has 8 heteroatoms. The summed E-state index contributed by atoms with van der Waals surface area (Å²) in [6.07, 6.45) is -4.40. The molecule has 0 N–H and O–H groups in total. The molecule has 0 saturated carbocycles. The first kappa shape index (κ1) is 17.4. The highest BCUT2D eigenvalue weighted by molar-refractivity contribution is 5.60. The molecule has 0 radical (unpaired) electrons. The van der Waals surface area contributed by atoms with Crippen molar-refractivity contribution in [2.45, 2.75) is 20.0 Å². The third-order valence-electron chi connectivity index (χ3n) is 3.32. The van der Waals surface area contributed by atoms with Gasteiger partial charge >= 0.3 is 6.18 Å². The Bertz CT molecular complexity index is 821. The maximum Gasteiger partial charge on any atom is 0.416 e. The number of halogens is 3. The number of aryl methyl sites for hydroxylation is 1. The summed E-state index contributed by atoms with van der Waals surface area (Å²) in [5.41, 5.74) is 1.16. The normalized spacial score (nSPS) is 11.5. The van der Waals surface area contributed by atoms with Crippen molar-refractivity contribution in [1.29, 1.82) is 5.26 Å². The lowest BCUT2D eigenvalue weighted by molar-refractivity contribution is -0.137. The Morgan fingerprint density at radius 1 is 1.12 bits per heavy atom. The average molecular weight is 334 g/mol. The predicted octanol–water partition coefficient (Wildman–Crippen LogP) is 5.01. The van der Waals surface area contributed by atoms with Crippen molar-refractivity contribution in [2.24, 2.45) is 10.2 Å². The lowest BCUT2D eigenvalue weighted by Gasteiger charge is -2.09. The summed E-state index contributed by atoms with van der Waals surface area (Å²) in [6, 6.07) is 6.30. The van der Waals surface area contributed by atoms with Crippen molar-refractivity contribution in [3.8, 4) is 11.9 Å². The molecule has 0 aliphatic heterocycles. The van der Waals surface area contributed by atoms with Gasteiger partial charge in [-0.3, -0.25) is 0 Å². The molecular weight excluding hydrogens is 321 g/mol. The minimum absolute atomic E-state index is 0.195. The van der Waals surface area contributed by atoms with Crippen LogP contribution in [0.1, 0.15) is 22.4 Å². The number of benzene rings is 1. The second kappa shape index (κ2) is 6.66. The van der Waals surface area contributed by atoms with Gasteiger partial charge < -0.3 is 4.74 Å². The van der Waals surface area contributed by atoms with Gasteiger partial charge in [0.15, 0.2) is 0 Å². The van der Waals surface area contributed by atoms with E-state index in [2.05, 4.69) is 15.2 Å². The van der Waals surface area contributed by atoms with Crippen LogP contribution in [-0.2, 0) is 6.18 Å². The Hall–Kier alpha value is -2.95. The number of pyridine rings is 1. The van der Waals surface area contributed by atoms with E-state index in [-0.39, 0.29) is 17.1 Å². The van der Waals surface area contributed by atoms with Crippen molar-refractivity contribution in [3.05, 3.63) is 46.6 Å². The summed E-state index contributed by atoms with van der Waals surface area (Å²) in [4.78, 5) is 4.13. The van der Waals surface area contributed by atoms with E-state index in [1.807, 2.05) is 6.07 Å². The fraction of sp³-hybridized carbons (Fsp3) is 0.250. The average Bonchev–Trinajstić information content (AvgIpc) is 2.53. The van der Waals surface area contributed by atoms with E-state index in [1.54, 1.807) is 13.8 Å². The van der Waals surface area contributed by atoms with Crippen LogP contribution in [0.3, 0.4) is 0 Å². The van der Waals surface area contributed by atoms with E-state index in [4.69, 9.17) is 4.74 Å². The van der Waals surface area contributed by atoms with Gasteiger partial charge in [0.1, 0.15) is 17.3 Å². The van der Waals surface area contributed by atoms with E-state index in [0.717, 1.165) is 12.1 Å². The highest BCUT2D eigenvalue weighted by Crippen LogP contribution is 2.33. The number of hydrogen-bond donors (Lipinski definition) is 0. The van der Waals surface area contributed by atoms with E-state index >= 15 is 0 Å². The quantitative estimate of drug-likeness (QED) is 0.741. The number of hydrogen-bond acceptors (Lipinski definition) is 5. The number of nitriles is 1.